The van der Waals surface area contributed by atoms with Crippen molar-refractivity contribution in [1.29, 1.82) is 0 Å². The number of nitrogens with two attached hydrogens (primary N) is 1. The van der Waals surface area contributed by atoms with Gasteiger partial charge in [0.15, 0.2) is 0 Å². The van der Waals surface area contributed by atoms with Crippen molar-refractivity contribution in [1.82, 2.24) is 4.90 Å². The average molecular weight is 214 g/mol. The van der Waals surface area contributed by atoms with Gasteiger partial charge in [0.25, 0.3) is 0 Å². The lowest BCUT2D eigenvalue weighted by atomic mass is 10.0. The summed E-state index contributed by atoms with van der Waals surface area (Å²) >= 11 is 0. The van der Waals surface area contributed by atoms with Crippen LogP contribution in [0.15, 0.2) is 0 Å². The fourth-order valence-electron chi connectivity index (χ4n) is 1.58. The molecule has 15 heavy (non-hydrogen) atoms. The van der Waals surface area contributed by atoms with Crippen LogP contribution in [0.4, 0.5) is 0 Å². The third-order valence-corrected chi connectivity index (χ3v) is 2.82. The number of hydrogen-bond acceptors (Lipinski definition) is 2. The number of carbonyl (C=O) groups excluding carboxylic acids is 1. The fraction of sp³-hybridized carbons (Fsp3) is 0.917. The summed E-state index contributed by atoms with van der Waals surface area (Å²) in [5, 5.41) is 0. The molecule has 1 unspecified atom stereocenters. The Bertz CT molecular complexity index is 202. The topological polar surface area (TPSA) is 46.3 Å². The maximum absolute atomic E-state index is 11.9. The molecule has 0 spiro atoms. The SMILES string of the molecule is CC(C)CC(C)N(C)C(=O)[C@@H](N)C(C)C. The van der Waals surface area contributed by atoms with Gasteiger partial charge in [-0.1, -0.05) is 27.7 Å². The molecule has 0 saturated carbocycles. The number of likely N-dealkylation sites (N-methyl/N-ethyl adjacent to an activating group) is 1. The molecule has 0 bridgehead atoms. The van der Waals surface area contributed by atoms with Gasteiger partial charge in [-0.15, -0.1) is 0 Å². The van der Waals surface area contributed by atoms with Crippen LogP contribution in [0.25, 0.3) is 0 Å². The average Bonchev–Trinajstić information content (AvgIpc) is 2.13. The first-order valence-corrected chi connectivity index (χ1v) is 5.79. The van der Waals surface area contributed by atoms with Crippen molar-refractivity contribution in [2.24, 2.45) is 17.6 Å². The van der Waals surface area contributed by atoms with E-state index >= 15 is 0 Å². The highest BCUT2D eigenvalue weighted by atomic mass is 16.2. The van der Waals surface area contributed by atoms with Crippen molar-refractivity contribution in [3.63, 3.8) is 0 Å². The molecule has 0 heterocycles. The van der Waals surface area contributed by atoms with Crippen LogP contribution in [0, 0.1) is 11.8 Å². The van der Waals surface area contributed by atoms with E-state index in [2.05, 4.69) is 20.8 Å². The second-order valence-electron chi connectivity index (χ2n) is 5.20. The van der Waals surface area contributed by atoms with Gasteiger partial charge in [-0.05, 0) is 25.2 Å². The molecule has 0 saturated heterocycles. The summed E-state index contributed by atoms with van der Waals surface area (Å²) < 4.78 is 0. The van der Waals surface area contributed by atoms with Gasteiger partial charge in [-0.2, -0.15) is 0 Å². The number of nitrogens with zero attached hydrogens (tertiary/aromatic N) is 1. The molecule has 0 aromatic rings. The van der Waals surface area contributed by atoms with Gasteiger partial charge in [-0.25, -0.2) is 0 Å². The van der Waals surface area contributed by atoms with Gasteiger partial charge in [0, 0.05) is 13.1 Å². The Morgan fingerprint density at radius 3 is 2.00 bits per heavy atom. The molecular formula is C12H26N2O. The van der Waals surface area contributed by atoms with E-state index < -0.39 is 0 Å². The Morgan fingerprint density at radius 1 is 1.20 bits per heavy atom. The lowest BCUT2D eigenvalue weighted by Gasteiger charge is -2.29. The minimum absolute atomic E-state index is 0.0538. The molecule has 0 aromatic heterocycles. The van der Waals surface area contributed by atoms with E-state index in [1.54, 1.807) is 4.90 Å². The van der Waals surface area contributed by atoms with Crippen molar-refractivity contribution < 1.29 is 4.79 Å². The van der Waals surface area contributed by atoms with E-state index in [-0.39, 0.29) is 23.9 Å². The maximum atomic E-state index is 11.9. The number of amides is 1. The minimum atomic E-state index is -0.371. The van der Waals surface area contributed by atoms with E-state index in [0.29, 0.717) is 5.92 Å². The van der Waals surface area contributed by atoms with Crippen LogP contribution in [0.3, 0.4) is 0 Å². The Kier molecular flexibility index (Phi) is 5.88. The first-order valence-electron chi connectivity index (χ1n) is 5.79. The molecule has 2 N–H and O–H groups in total. The largest absolute Gasteiger partial charge is 0.342 e. The molecule has 0 fully saturated rings. The predicted octanol–water partition coefficient (Wildman–Crippen LogP) is 1.86. The highest BCUT2D eigenvalue weighted by Crippen LogP contribution is 2.12. The summed E-state index contributed by atoms with van der Waals surface area (Å²) in [4.78, 5) is 13.7. The summed E-state index contributed by atoms with van der Waals surface area (Å²) in [7, 11) is 1.84. The van der Waals surface area contributed by atoms with Crippen molar-refractivity contribution in [2.75, 3.05) is 7.05 Å². The molecule has 0 aliphatic carbocycles. The first-order chi connectivity index (χ1) is 6.77. The van der Waals surface area contributed by atoms with Crippen LogP contribution in [0.2, 0.25) is 0 Å². The predicted molar refractivity (Wildman–Crippen MR) is 64.5 cm³/mol. The molecular weight excluding hydrogens is 188 g/mol. The van der Waals surface area contributed by atoms with Gasteiger partial charge >= 0.3 is 0 Å². The monoisotopic (exact) mass is 214 g/mol. The van der Waals surface area contributed by atoms with Gasteiger partial charge in [-0.3, -0.25) is 4.79 Å². The standard InChI is InChI=1S/C12H26N2O/c1-8(2)7-10(5)14(6)12(15)11(13)9(3)4/h8-11H,7,13H2,1-6H3/t10?,11-/m0/s1. The van der Waals surface area contributed by atoms with Crippen LogP contribution < -0.4 is 5.73 Å². The Hall–Kier alpha value is -0.570. The van der Waals surface area contributed by atoms with Crippen LogP contribution in [0.1, 0.15) is 41.0 Å². The van der Waals surface area contributed by atoms with E-state index in [1.165, 1.54) is 0 Å². The second kappa shape index (κ2) is 6.11. The highest BCUT2D eigenvalue weighted by Gasteiger charge is 2.24. The normalized spacial score (nSPS) is 15.5. The first kappa shape index (κ1) is 14.4. The number of carbonyl (C=O) groups is 1. The van der Waals surface area contributed by atoms with Gasteiger partial charge in [0.2, 0.25) is 5.91 Å². The molecule has 0 rings (SSSR count). The minimum Gasteiger partial charge on any atom is -0.342 e. The van der Waals surface area contributed by atoms with Gasteiger partial charge in [0.05, 0.1) is 6.04 Å². The van der Waals surface area contributed by atoms with Crippen LogP contribution in [0.5, 0.6) is 0 Å². The third kappa shape index (κ3) is 4.65. The van der Waals surface area contributed by atoms with E-state index in [1.807, 2.05) is 20.9 Å². The Balaban J connectivity index is 4.30. The molecule has 90 valence electrons. The Labute approximate surface area is 94.0 Å². The van der Waals surface area contributed by atoms with Crippen molar-refractivity contribution in [3.05, 3.63) is 0 Å². The molecule has 0 radical (unpaired) electrons. The van der Waals surface area contributed by atoms with Crippen molar-refractivity contribution >= 4 is 5.91 Å². The second-order valence-corrected chi connectivity index (χ2v) is 5.20. The zero-order chi connectivity index (χ0) is 12.2. The lowest BCUT2D eigenvalue weighted by Crippen LogP contribution is -2.48. The van der Waals surface area contributed by atoms with Crippen LogP contribution in [-0.2, 0) is 4.79 Å². The zero-order valence-electron chi connectivity index (χ0n) is 10.9. The van der Waals surface area contributed by atoms with Crippen LogP contribution in [-0.4, -0.2) is 29.9 Å². The molecule has 0 aromatic carbocycles. The smallest absolute Gasteiger partial charge is 0.239 e. The summed E-state index contributed by atoms with van der Waals surface area (Å²) in [6, 6.07) is -0.105. The summed E-state index contributed by atoms with van der Waals surface area (Å²) in [5.74, 6) is 0.856. The maximum Gasteiger partial charge on any atom is 0.239 e. The molecule has 0 aliphatic rings. The molecule has 2 atom stereocenters. The number of hydrogen-bond donors (Lipinski definition) is 1. The quantitative estimate of drug-likeness (QED) is 0.759. The summed E-state index contributed by atoms with van der Waals surface area (Å²) in [5.41, 5.74) is 5.84. The fourth-order valence-corrected chi connectivity index (χ4v) is 1.58. The molecule has 3 nitrogen and oxygen atoms in total. The highest BCUT2D eigenvalue weighted by molar-refractivity contribution is 5.81. The number of rotatable bonds is 5. The van der Waals surface area contributed by atoms with E-state index in [0.717, 1.165) is 6.42 Å². The van der Waals surface area contributed by atoms with E-state index in [9.17, 15) is 4.79 Å². The van der Waals surface area contributed by atoms with E-state index in [4.69, 9.17) is 5.73 Å². The third-order valence-electron chi connectivity index (χ3n) is 2.82. The van der Waals surface area contributed by atoms with Crippen molar-refractivity contribution in [3.8, 4) is 0 Å². The molecule has 1 amide bonds. The molecule has 0 aliphatic heterocycles. The van der Waals surface area contributed by atoms with Gasteiger partial charge in [0.1, 0.15) is 0 Å². The molecule has 3 heteroatoms. The van der Waals surface area contributed by atoms with Crippen molar-refractivity contribution in [2.45, 2.75) is 53.1 Å². The van der Waals surface area contributed by atoms with Crippen LogP contribution >= 0.6 is 0 Å². The summed E-state index contributed by atoms with van der Waals surface area (Å²) in [6.07, 6.45) is 1.02. The van der Waals surface area contributed by atoms with Gasteiger partial charge < -0.3 is 10.6 Å². The lowest BCUT2D eigenvalue weighted by molar-refractivity contribution is -0.134. The summed E-state index contributed by atoms with van der Waals surface area (Å²) in [6.45, 7) is 10.4. The Morgan fingerprint density at radius 2 is 1.67 bits per heavy atom. The zero-order valence-corrected chi connectivity index (χ0v) is 10.9.